The van der Waals surface area contributed by atoms with Gasteiger partial charge in [-0.25, -0.2) is 0 Å². The molecule has 1 aromatic rings. The molecule has 2 aliphatic rings. The van der Waals surface area contributed by atoms with Gasteiger partial charge in [0.05, 0.1) is 5.92 Å². The normalized spacial score (nSPS) is 29.5. The summed E-state index contributed by atoms with van der Waals surface area (Å²) < 4.78 is 0. The van der Waals surface area contributed by atoms with Crippen molar-refractivity contribution in [1.82, 2.24) is 10.6 Å². The molecular weight excluding hydrogens is 224 g/mol. The Bertz CT molecular complexity index is 463. The van der Waals surface area contributed by atoms with Gasteiger partial charge in [-0.1, -0.05) is 31.2 Å². The SMILES string of the molecule is CC1(CNC(=O)C2Cc3ccccc32)CCNC1. The second kappa shape index (κ2) is 4.39. The van der Waals surface area contributed by atoms with Crippen LogP contribution in [0.15, 0.2) is 24.3 Å². The first-order valence-corrected chi connectivity index (χ1v) is 6.74. The topological polar surface area (TPSA) is 41.1 Å². The summed E-state index contributed by atoms with van der Waals surface area (Å²) in [6.07, 6.45) is 2.05. The maximum atomic E-state index is 12.2. The van der Waals surface area contributed by atoms with Gasteiger partial charge in [-0.2, -0.15) is 0 Å². The van der Waals surface area contributed by atoms with Crippen LogP contribution in [0, 0.1) is 5.41 Å². The number of nitrogens with one attached hydrogen (secondary N) is 2. The van der Waals surface area contributed by atoms with Crippen LogP contribution in [0.1, 0.15) is 30.4 Å². The quantitative estimate of drug-likeness (QED) is 0.845. The van der Waals surface area contributed by atoms with Crippen molar-refractivity contribution in [2.24, 2.45) is 5.41 Å². The smallest absolute Gasteiger partial charge is 0.227 e. The Hall–Kier alpha value is -1.35. The van der Waals surface area contributed by atoms with Crippen molar-refractivity contribution >= 4 is 5.91 Å². The Labute approximate surface area is 108 Å². The molecule has 0 aromatic heterocycles. The largest absolute Gasteiger partial charge is 0.355 e. The molecule has 1 fully saturated rings. The highest BCUT2D eigenvalue weighted by Gasteiger charge is 2.34. The number of hydrogen-bond donors (Lipinski definition) is 2. The third-order valence-corrected chi connectivity index (χ3v) is 4.32. The van der Waals surface area contributed by atoms with Crippen molar-refractivity contribution in [1.29, 1.82) is 0 Å². The third-order valence-electron chi connectivity index (χ3n) is 4.32. The van der Waals surface area contributed by atoms with Crippen LogP contribution in [0.25, 0.3) is 0 Å². The first-order chi connectivity index (χ1) is 8.68. The predicted molar refractivity (Wildman–Crippen MR) is 71.5 cm³/mol. The lowest BCUT2D eigenvalue weighted by molar-refractivity contribution is -0.123. The molecule has 2 atom stereocenters. The van der Waals surface area contributed by atoms with E-state index in [1.807, 2.05) is 12.1 Å². The highest BCUT2D eigenvalue weighted by molar-refractivity contribution is 5.86. The molecule has 0 radical (unpaired) electrons. The van der Waals surface area contributed by atoms with Gasteiger partial charge >= 0.3 is 0 Å². The molecule has 18 heavy (non-hydrogen) atoms. The van der Waals surface area contributed by atoms with Gasteiger partial charge < -0.3 is 10.6 Å². The fourth-order valence-corrected chi connectivity index (χ4v) is 2.94. The van der Waals surface area contributed by atoms with Crippen LogP contribution in [0.3, 0.4) is 0 Å². The van der Waals surface area contributed by atoms with Gasteiger partial charge in [-0.05, 0) is 35.9 Å². The van der Waals surface area contributed by atoms with Gasteiger partial charge in [-0.15, -0.1) is 0 Å². The lowest BCUT2D eigenvalue weighted by Gasteiger charge is -2.31. The molecule has 3 nitrogen and oxygen atoms in total. The number of amides is 1. The fourth-order valence-electron chi connectivity index (χ4n) is 2.94. The Morgan fingerprint density at radius 1 is 1.50 bits per heavy atom. The van der Waals surface area contributed by atoms with E-state index >= 15 is 0 Å². The lowest BCUT2D eigenvalue weighted by atomic mass is 9.77. The van der Waals surface area contributed by atoms with Crippen molar-refractivity contribution < 1.29 is 4.79 Å². The molecule has 1 aromatic carbocycles. The highest BCUT2D eigenvalue weighted by Crippen LogP contribution is 2.35. The third kappa shape index (κ3) is 2.03. The van der Waals surface area contributed by atoms with Gasteiger partial charge in [0.1, 0.15) is 0 Å². The second-order valence-corrected chi connectivity index (χ2v) is 5.91. The lowest BCUT2D eigenvalue weighted by Crippen LogP contribution is -2.41. The van der Waals surface area contributed by atoms with E-state index < -0.39 is 0 Å². The molecule has 1 heterocycles. The highest BCUT2D eigenvalue weighted by atomic mass is 16.1. The summed E-state index contributed by atoms with van der Waals surface area (Å²) >= 11 is 0. The zero-order chi connectivity index (χ0) is 12.6. The maximum Gasteiger partial charge on any atom is 0.227 e. The fraction of sp³-hybridized carbons (Fsp3) is 0.533. The average Bonchev–Trinajstić information content (AvgIpc) is 2.76. The molecule has 3 rings (SSSR count). The minimum atomic E-state index is 0.0826. The molecular formula is C15H20N2O. The Kier molecular flexibility index (Phi) is 2.86. The molecule has 1 aliphatic carbocycles. The van der Waals surface area contributed by atoms with Gasteiger partial charge in [0.2, 0.25) is 5.91 Å². The number of carbonyl (C=O) groups excluding carboxylic acids is 1. The maximum absolute atomic E-state index is 12.2. The van der Waals surface area contributed by atoms with E-state index in [4.69, 9.17) is 0 Å². The van der Waals surface area contributed by atoms with Crippen molar-refractivity contribution in [3.05, 3.63) is 35.4 Å². The van der Waals surface area contributed by atoms with E-state index in [0.29, 0.717) is 0 Å². The first-order valence-electron chi connectivity index (χ1n) is 6.74. The Balaban J connectivity index is 1.58. The molecule has 1 saturated heterocycles. The van der Waals surface area contributed by atoms with Crippen LogP contribution in [0.5, 0.6) is 0 Å². The summed E-state index contributed by atoms with van der Waals surface area (Å²) in [5.74, 6) is 0.279. The molecule has 1 amide bonds. The van der Waals surface area contributed by atoms with E-state index in [1.54, 1.807) is 0 Å². The first kappa shape index (κ1) is 11.7. The molecule has 3 heteroatoms. The molecule has 1 aliphatic heterocycles. The summed E-state index contributed by atoms with van der Waals surface area (Å²) in [5.41, 5.74) is 2.77. The van der Waals surface area contributed by atoms with E-state index in [-0.39, 0.29) is 17.2 Å². The van der Waals surface area contributed by atoms with Crippen molar-refractivity contribution in [2.45, 2.75) is 25.7 Å². The van der Waals surface area contributed by atoms with Crippen LogP contribution < -0.4 is 10.6 Å². The predicted octanol–water partition coefficient (Wildman–Crippen LogP) is 1.44. The summed E-state index contributed by atoms with van der Waals surface area (Å²) in [4.78, 5) is 12.2. The molecule has 0 bridgehead atoms. The van der Waals surface area contributed by atoms with E-state index in [9.17, 15) is 4.79 Å². The number of carbonyl (C=O) groups is 1. The summed E-state index contributed by atoms with van der Waals surface area (Å²) in [5, 5.41) is 6.49. The van der Waals surface area contributed by atoms with Crippen LogP contribution in [0.2, 0.25) is 0 Å². The van der Waals surface area contributed by atoms with Crippen LogP contribution in [-0.2, 0) is 11.2 Å². The van der Waals surface area contributed by atoms with E-state index in [2.05, 4.69) is 29.7 Å². The van der Waals surface area contributed by atoms with E-state index in [0.717, 1.165) is 32.5 Å². The van der Waals surface area contributed by atoms with Gasteiger partial charge in [0, 0.05) is 13.1 Å². The molecule has 2 N–H and O–H groups in total. The Morgan fingerprint density at radius 3 is 3.06 bits per heavy atom. The average molecular weight is 244 g/mol. The van der Waals surface area contributed by atoms with Crippen molar-refractivity contribution in [3.8, 4) is 0 Å². The van der Waals surface area contributed by atoms with Crippen molar-refractivity contribution in [3.63, 3.8) is 0 Å². The molecule has 0 spiro atoms. The zero-order valence-electron chi connectivity index (χ0n) is 10.8. The zero-order valence-corrected chi connectivity index (χ0v) is 10.8. The second-order valence-electron chi connectivity index (χ2n) is 5.91. The number of hydrogen-bond acceptors (Lipinski definition) is 2. The van der Waals surface area contributed by atoms with Gasteiger partial charge in [0.15, 0.2) is 0 Å². The van der Waals surface area contributed by atoms with Crippen LogP contribution in [-0.4, -0.2) is 25.5 Å². The van der Waals surface area contributed by atoms with Gasteiger partial charge in [-0.3, -0.25) is 4.79 Å². The summed E-state index contributed by atoms with van der Waals surface area (Å²) in [7, 11) is 0. The van der Waals surface area contributed by atoms with Crippen molar-refractivity contribution in [2.75, 3.05) is 19.6 Å². The van der Waals surface area contributed by atoms with E-state index in [1.165, 1.54) is 11.1 Å². The van der Waals surface area contributed by atoms with Gasteiger partial charge in [0.25, 0.3) is 0 Å². The van der Waals surface area contributed by atoms with Crippen LogP contribution >= 0.6 is 0 Å². The standard InChI is InChI=1S/C15H20N2O/c1-15(6-7-16-9-15)10-17-14(18)13-8-11-4-2-3-5-12(11)13/h2-5,13,16H,6-10H2,1H3,(H,17,18). The van der Waals surface area contributed by atoms with Crippen LogP contribution in [0.4, 0.5) is 0 Å². The monoisotopic (exact) mass is 244 g/mol. The number of rotatable bonds is 3. The minimum Gasteiger partial charge on any atom is -0.355 e. The number of fused-ring (bicyclic) bond motifs is 1. The Morgan fingerprint density at radius 2 is 2.33 bits per heavy atom. The number of benzene rings is 1. The summed E-state index contributed by atoms with van der Waals surface area (Å²) in [6, 6.07) is 8.24. The minimum absolute atomic E-state index is 0.0826. The molecule has 2 unspecified atom stereocenters. The molecule has 0 saturated carbocycles. The summed E-state index contributed by atoms with van der Waals surface area (Å²) in [6.45, 7) is 5.10. The molecule has 96 valence electrons.